The summed E-state index contributed by atoms with van der Waals surface area (Å²) in [4.78, 5) is 23.4. The molecule has 1 saturated heterocycles. The first-order valence-corrected chi connectivity index (χ1v) is 16.2. The highest BCUT2D eigenvalue weighted by atomic mass is 32.2. The molecule has 2 aliphatic heterocycles. The summed E-state index contributed by atoms with van der Waals surface area (Å²) >= 11 is 0. The zero-order valence-corrected chi connectivity index (χ0v) is 25.0. The van der Waals surface area contributed by atoms with E-state index in [0.29, 0.717) is 49.9 Å². The summed E-state index contributed by atoms with van der Waals surface area (Å²) in [5.74, 6) is 1.58. The molecule has 0 radical (unpaired) electrons. The van der Waals surface area contributed by atoms with Crippen molar-refractivity contribution in [2.45, 2.75) is 51.9 Å². The molecule has 1 fully saturated rings. The molecule has 3 aromatic rings. The highest BCUT2D eigenvalue weighted by Gasteiger charge is 2.26. The van der Waals surface area contributed by atoms with Gasteiger partial charge in [0.15, 0.2) is 12.2 Å². The molecular weight excluding hydrogens is 558 g/mol. The third-order valence-electron chi connectivity index (χ3n) is 8.16. The number of aliphatic hydroxyl groups excluding tert-OH is 1. The molecule has 1 amide bonds. The predicted octanol–water partition coefficient (Wildman–Crippen LogP) is 2.32. The number of sulfonamides is 1. The van der Waals surface area contributed by atoms with Crippen LogP contribution in [0.2, 0.25) is 0 Å². The molecule has 1 atom stereocenters. The summed E-state index contributed by atoms with van der Waals surface area (Å²) in [5.41, 5.74) is 4.93. The number of pyridine rings is 1. The third-order valence-corrected chi connectivity index (χ3v) is 9.46. The molecule has 0 unspecified atom stereocenters. The molecule has 2 N–H and O–H groups in total. The smallest absolute Gasteiger partial charge is 0.251 e. The van der Waals surface area contributed by atoms with Gasteiger partial charge in [-0.3, -0.25) is 14.7 Å². The van der Waals surface area contributed by atoms with E-state index in [2.05, 4.69) is 33.2 Å². The van der Waals surface area contributed by atoms with E-state index < -0.39 is 16.1 Å². The summed E-state index contributed by atoms with van der Waals surface area (Å²) in [7, 11) is -3.16. The quantitative estimate of drug-likeness (QED) is 0.341. The van der Waals surface area contributed by atoms with Crippen molar-refractivity contribution in [3.8, 4) is 5.75 Å². The van der Waals surface area contributed by atoms with Gasteiger partial charge in [0.05, 0.1) is 18.6 Å². The number of piperidine rings is 1. The second-order valence-corrected chi connectivity index (χ2v) is 13.3. The van der Waals surface area contributed by atoms with E-state index in [9.17, 15) is 18.3 Å². The van der Waals surface area contributed by atoms with E-state index >= 15 is 0 Å². The summed E-state index contributed by atoms with van der Waals surface area (Å²) in [6.07, 6.45) is 8.31. The lowest BCUT2D eigenvalue weighted by Crippen LogP contribution is -2.42. The SMILES string of the molecule is Cc1c(OCc2cnco2)ccc2c1CCN(C[C@@H](O)CNC(=O)c1ccnc(CC3CCN(S(C)(=O)=O)CC3)c1)C2. The van der Waals surface area contributed by atoms with Crippen LogP contribution in [0.4, 0.5) is 0 Å². The van der Waals surface area contributed by atoms with Crippen molar-refractivity contribution in [1.82, 2.24) is 24.5 Å². The van der Waals surface area contributed by atoms with Gasteiger partial charge < -0.3 is 19.6 Å². The Morgan fingerprint density at radius 1 is 1.24 bits per heavy atom. The molecular formula is C30H39N5O6S. The van der Waals surface area contributed by atoms with Gasteiger partial charge in [0, 0.05) is 56.7 Å². The lowest BCUT2D eigenvalue weighted by atomic mass is 9.92. The second kappa shape index (κ2) is 13.3. The normalized spacial score (nSPS) is 17.5. The molecule has 2 aliphatic rings. The number of hydrogen-bond donors (Lipinski definition) is 2. The fourth-order valence-electron chi connectivity index (χ4n) is 5.80. The molecule has 0 aliphatic carbocycles. The van der Waals surface area contributed by atoms with Crippen LogP contribution in [0.3, 0.4) is 0 Å². The number of carbonyl (C=O) groups is 1. The fraction of sp³-hybridized carbons (Fsp3) is 0.500. The number of amides is 1. The Morgan fingerprint density at radius 2 is 2.05 bits per heavy atom. The van der Waals surface area contributed by atoms with Crippen LogP contribution >= 0.6 is 0 Å². The topological polar surface area (TPSA) is 138 Å². The number of β-amino-alcohol motifs (C(OH)–C–C–N with tert-alkyl or cyclic N) is 1. The number of nitrogens with one attached hydrogen (secondary N) is 1. The first-order chi connectivity index (χ1) is 20.2. The van der Waals surface area contributed by atoms with E-state index in [0.717, 1.165) is 49.4 Å². The predicted molar refractivity (Wildman–Crippen MR) is 156 cm³/mol. The van der Waals surface area contributed by atoms with Crippen molar-refractivity contribution in [2.75, 3.05) is 39.0 Å². The number of aliphatic hydroxyl groups is 1. The first kappa shape index (κ1) is 30.1. The number of carbonyl (C=O) groups excluding carboxylic acids is 1. The number of aromatic nitrogens is 2. The maximum absolute atomic E-state index is 12.8. The summed E-state index contributed by atoms with van der Waals surface area (Å²) in [6, 6.07) is 7.52. The first-order valence-electron chi connectivity index (χ1n) is 14.4. The van der Waals surface area contributed by atoms with Crippen LogP contribution < -0.4 is 10.1 Å². The molecule has 42 heavy (non-hydrogen) atoms. The van der Waals surface area contributed by atoms with Crippen molar-refractivity contribution in [1.29, 1.82) is 0 Å². The Hall–Kier alpha value is -3.32. The monoisotopic (exact) mass is 597 g/mol. The largest absolute Gasteiger partial charge is 0.485 e. The van der Waals surface area contributed by atoms with Gasteiger partial charge in [0.2, 0.25) is 10.0 Å². The Kier molecular flexibility index (Phi) is 9.57. The summed E-state index contributed by atoms with van der Waals surface area (Å²) < 4.78 is 36.2. The van der Waals surface area contributed by atoms with E-state index in [-0.39, 0.29) is 12.5 Å². The minimum atomic E-state index is -3.16. The standard InChI is InChI=1S/C30H39N5O6S/c1-21-28-8-10-34(17-24(28)3-4-29(21)40-19-27-16-31-20-41-27)18-26(36)15-33-30(37)23-5-9-32-25(14-23)13-22-6-11-35(12-7-22)42(2,38)39/h3-5,9,14,16,20,22,26,36H,6-8,10-13,15,17-19H2,1-2H3,(H,33,37)/t26-/m0/s1. The summed E-state index contributed by atoms with van der Waals surface area (Å²) in [5, 5.41) is 13.6. The Bertz CT molecular complexity index is 1470. The maximum atomic E-state index is 12.8. The number of hydrogen-bond acceptors (Lipinski definition) is 9. The van der Waals surface area contributed by atoms with Crippen molar-refractivity contribution < 1.29 is 27.5 Å². The van der Waals surface area contributed by atoms with Gasteiger partial charge in [-0.2, -0.15) is 0 Å². The van der Waals surface area contributed by atoms with Crippen molar-refractivity contribution in [3.05, 3.63) is 76.8 Å². The molecule has 2 aromatic heterocycles. The average molecular weight is 598 g/mol. The zero-order chi connectivity index (χ0) is 29.7. The van der Waals surface area contributed by atoms with Gasteiger partial charge in [0.25, 0.3) is 5.91 Å². The molecule has 11 nitrogen and oxygen atoms in total. The van der Waals surface area contributed by atoms with E-state index in [4.69, 9.17) is 9.15 Å². The lowest BCUT2D eigenvalue weighted by Gasteiger charge is -2.31. The number of benzene rings is 1. The van der Waals surface area contributed by atoms with Crippen LogP contribution in [-0.4, -0.2) is 83.7 Å². The number of ether oxygens (including phenoxy) is 1. The van der Waals surface area contributed by atoms with Gasteiger partial charge in [-0.25, -0.2) is 17.7 Å². The van der Waals surface area contributed by atoms with E-state index in [1.54, 1.807) is 24.5 Å². The van der Waals surface area contributed by atoms with E-state index in [1.165, 1.54) is 28.1 Å². The third kappa shape index (κ3) is 7.74. The van der Waals surface area contributed by atoms with Gasteiger partial charge in [0.1, 0.15) is 12.4 Å². The number of fused-ring (bicyclic) bond motifs is 1. The van der Waals surface area contributed by atoms with Crippen LogP contribution in [0, 0.1) is 12.8 Å². The van der Waals surface area contributed by atoms with Crippen molar-refractivity contribution in [2.24, 2.45) is 5.92 Å². The number of rotatable bonds is 11. The molecule has 226 valence electrons. The van der Waals surface area contributed by atoms with Crippen LogP contribution in [0.1, 0.15) is 51.3 Å². The minimum Gasteiger partial charge on any atom is -0.485 e. The minimum absolute atomic E-state index is 0.150. The summed E-state index contributed by atoms with van der Waals surface area (Å²) in [6.45, 7) is 5.57. The Labute approximate surface area is 247 Å². The van der Waals surface area contributed by atoms with Crippen LogP contribution in [0.25, 0.3) is 0 Å². The lowest BCUT2D eigenvalue weighted by molar-refractivity contribution is 0.0841. The highest BCUT2D eigenvalue weighted by Crippen LogP contribution is 2.30. The Morgan fingerprint density at radius 3 is 2.79 bits per heavy atom. The van der Waals surface area contributed by atoms with E-state index in [1.807, 2.05) is 6.07 Å². The molecule has 4 heterocycles. The molecule has 12 heteroatoms. The van der Waals surface area contributed by atoms with Crippen LogP contribution in [-0.2, 0) is 36.0 Å². The molecule has 5 rings (SSSR count). The Balaban J connectivity index is 1.07. The van der Waals surface area contributed by atoms with Crippen LogP contribution in [0.15, 0.2) is 47.5 Å². The van der Waals surface area contributed by atoms with Gasteiger partial charge in [-0.05, 0) is 73.4 Å². The number of nitrogens with zero attached hydrogens (tertiary/aromatic N) is 4. The van der Waals surface area contributed by atoms with Crippen molar-refractivity contribution >= 4 is 15.9 Å². The molecule has 0 saturated carbocycles. The molecule has 0 bridgehead atoms. The van der Waals surface area contributed by atoms with Crippen LogP contribution in [0.5, 0.6) is 5.75 Å². The second-order valence-electron chi connectivity index (χ2n) is 11.3. The van der Waals surface area contributed by atoms with Gasteiger partial charge in [-0.15, -0.1) is 0 Å². The highest BCUT2D eigenvalue weighted by molar-refractivity contribution is 7.88. The van der Waals surface area contributed by atoms with Crippen molar-refractivity contribution in [3.63, 3.8) is 0 Å². The maximum Gasteiger partial charge on any atom is 0.251 e. The van der Waals surface area contributed by atoms with Gasteiger partial charge >= 0.3 is 0 Å². The zero-order valence-electron chi connectivity index (χ0n) is 24.2. The fourth-order valence-corrected chi connectivity index (χ4v) is 6.67. The molecule has 0 spiro atoms. The molecule has 1 aromatic carbocycles. The van der Waals surface area contributed by atoms with Gasteiger partial charge in [-0.1, -0.05) is 6.07 Å². The average Bonchev–Trinajstić information content (AvgIpc) is 3.49. The number of oxazole rings is 1.